The molecule has 7 nitrogen and oxygen atoms in total. The number of imide groups is 1. The lowest BCUT2D eigenvalue weighted by atomic mass is 9.81. The monoisotopic (exact) mass is 417 g/mol. The summed E-state index contributed by atoms with van der Waals surface area (Å²) in [5.74, 6) is -0.282. The average Bonchev–Trinajstić information content (AvgIpc) is 3.39. The van der Waals surface area contributed by atoms with Gasteiger partial charge in [0, 0.05) is 4.47 Å². The molecule has 2 aromatic rings. The molecule has 134 valence electrons. The molecule has 0 N–H and O–H groups in total. The molecular weight excluding hydrogens is 402 g/mol. The number of ether oxygens (including phenoxy) is 2. The summed E-state index contributed by atoms with van der Waals surface area (Å²) in [5.41, 5.74) is 0.494. The predicted octanol–water partition coefficient (Wildman–Crippen LogP) is 2.35. The van der Waals surface area contributed by atoms with Crippen LogP contribution in [0.5, 0.6) is 5.75 Å². The minimum Gasteiger partial charge on any atom is -0.471 e. The molecule has 4 heterocycles. The molecule has 5 rings (SSSR count). The van der Waals surface area contributed by atoms with Crippen molar-refractivity contribution in [3.8, 4) is 5.75 Å². The Kier molecular flexibility index (Phi) is 3.65. The standard InChI is InChI=1S/C18H16BrN3O4/c19-10-1-3-12(4-2-10)25-9-21-8-11(7-20-21)22-17(23)15-13-5-6-14(26-13)16(15)18(22)24/h1-4,7-8,13-16H,5-6,9H2. The molecule has 3 aliphatic heterocycles. The first-order chi connectivity index (χ1) is 12.6. The van der Waals surface area contributed by atoms with Gasteiger partial charge in [-0.2, -0.15) is 5.10 Å². The summed E-state index contributed by atoms with van der Waals surface area (Å²) in [4.78, 5) is 26.8. The lowest BCUT2D eigenvalue weighted by molar-refractivity contribution is -0.124. The zero-order valence-electron chi connectivity index (χ0n) is 13.7. The minimum absolute atomic E-state index is 0.109. The summed E-state index contributed by atoms with van der Waals surface area (Å²) in [6, 6.07) is 7.47. The Labute approximate surface area is 158 Å². The molecule has 3 fully saturated rings. The van der Waals surface area contributed by atoms with E-state index in [0.717, 1.165) is 17.3 Å². The quantitative estimate of drug-likeness (QED) is 0.713. The molecule has 1 aromatic carbocycles. The number of hydrogen-bond donors (Lipinski definition) is 0. The number of halogens is 1. The van der Waals surface area contributed by atoms with E-state index in [1.807, 2.05) is 24.3 Å². The maximum Gasteiger partial charge on any atom is 0.240 e. The van der Waals surface area contributed by atoms with Gasteiger partial charge in [0.2, 0.25) is 11.8 Å². The predicted molar refractivity (Wildman–Crippen MR) is 94.4 cm³/mol. The summed E-state index contributed by atoms with van der Waals surface area (Å²) >= 11 is 3.38. The highest BCUT2D eigenvalue weighted by atomic mass is 79.9. The van der Waals surface area contributed by atoms with E-state index in [2.05, 4.69) is 21.0 Å². The number of anilines is 1. The first-order valence-corrected chi connectivity index (χ1v) is 9.35. The Morgan fingerprint density at radius 2 is 1.77 bits per heavy atom. The lowest BCUT2D eigenvalue weighted by Crippen LogP contribution is -2.34. The second-order valence-corrected chi connectivity index (χ2v) is 7.73. The van der Waals surface area contributed by atoms with Gasteiger partial charge in [-0.05, 0) is 37.1 Å². The highest BCUT2D eigenvalue weighted by Crippen LogP contribution is 2.49. The summed E-state index contributed by atoms with van der Waals surface area (Å²) in [6.07, 6.45) is 4.70. The van der Waals surface area contributed by atoms with Crippen LogP contribution in [0.25, 0.3) is 0 Å². The SMILES string of the molecule is O=C1C2C3CCC(O3)C2C(=O)N1c1cnn(COc2ccc(Br)cc2)c1. The van der Waals surface area contributed by atoms with Crippen LogP contribution >= 0.6 is 15.9 Å². The first kappa shape index (κ1) is 16.0. The Hall–Kier alpha value is -2.19. The molecular formula is C18H16BrN3O4. The third-order valence-corrected chi connectivity index (χ3v) is 5.87. The van der Waals surface area contributed by atoms with Crippen LogP contribution in [0.1, 0.15) is 12.8 Å². The second-order valence-electron chi connectivity index (χ2n) is 6.82. The molecule has 26 heavy (non-hydrogen) atoms. The molecule has 0 saturated carbocycles. The van der Waals surface area contributed by atoms with Crippen LogP contribution in [0.15, 0.2) is 41.1 Å². The Morgan fingerprint density at radius 1 is 1.12 bits per heavy atom. The Bertz CT molecular complexity index is 853. The smallest absolute Gasteiger partial charge is 0.240 e. The molecule has 0 radical (unpaired) electrons. The van der Waals surface area contributed by atoms with Crippen molar-refractivity contribution in [2.75, 3.05) is 4.90 Å². The maximum atomic E-state index is 12.8. The van der Waals surface area contributed by atoms with Crippen molar-refractivity contribution in [1.82, 2.24) is 9.78 Å². The number of fused-ring (bicyclic) bond motifs is 5. The normalized spacial score (nSPS) is 29.5. The van der Waals surface area contributed by atoms with Gasteiger partial charge in [-0.15, -0.1) is 0 Å². The van der Waals surface area contributed by atoms with E-state index in [-0.39, 0.29) is 42.6 Å². The van der Waals surface area contributed by atoms with E-state index in [1.54, 1.807) is 10.9 Å². The fraction of sp³-hybridized carbons (Fsp3) is 0.389. The van der Waals surface area contributed by atoms with Crippen LogP contribution in [0.4, 0.5) is 5.69 Å². The third-order valence-electron chi connectivity index (χ3n) is 5.34. The van der Waals surface area contributed by atoms with Crippen LogP contribution in [0, 0.1) is 11.8 Å². The van der Waals surface area contributed by atoms with Gasteiger partial charge in [0.05, 0.1) is 42.1 Å². The number of aromatic nitrogens is 2. The number of nitrogens with zero attached hydrogens (tertiary/aromatic N) is 3. The van der Waals surface area contributed by atoms with Crippen molar-refractivity contribution in [3.05, 3.63) is 41.1 Å². The van der Waals surface area contributed by atoms with Gasteiger partial charge in [-0.3, -0.25) is 9.59 Å². The van der Waals surface area contributed by atoms with Crippen molar-refractivity contribution in [1.29, 1.82) is 0 Å². The van der Waals surface area contributed by atoms with Gasteiger partial charge in [0.1, 0.15) is 5.75 Å². The van der Waals surface area contributed by atoms with Crippen LogP contribution in [-0.4, -0.2) is 33.8 Å². The topological polar surface area (TPSA) is 73.7 Å². The second kappa shape index (κ2) is 5.92. The highest BCUT2D eigenvalue weighted by molar-refractivity contribution is 9.10. The van der Waals surface area contributed by atoms with Crippen molar-refractivity contribution in [2.45, 2.75) is 31.8 Å². The van der Waals surface area contributed by atoms with Gasteiger partial charge in [0.25, 0.3) is 0 Å². The molecule has 4 unspecified atom stereocenters. The van der Waals surface area contributed by atoms with Crippen molar-refractivity contribution < 1.29 is 19.1 Å². The summed E-state index contributed by atoms with van der Waals surface area (Å²) in [5, 5.41) is 4.21. The summed E-state index contributed by atoms with van der Waals surface area (Å²) in [6.45, 7) is 0.194. The number of hydrogen-bond acceptors (Lipinski definition) is 5. The maximum absolute atomic E-state index is 12.8. The molecule has 1 aromatic heterocycles. The minimum atomic E-state index is -0.330. The zero-order chi connectivity index (χ0) is 17.8. The average molecular weight is 418 g/mol. The molecule has 8 heteroatoms. The molecule has 0 spiro atoms. The van der Waals surface area contributed by atoms with E-state index in [4.69, 9.17) is 9.47 Å². The molecule has 2 amide bonds. The number of amides is 2. The highest BCUT2D eigenvalue weighted by Gasteiger charge is 2.62. The first-order valence-electron chi connectivity index (χ1n) is 8.56. The fourth-order valence-corrected chi connectivity index (χ4v) is 4.44. The van der Waals surface area contributed by atoms with Crippen molar-refractivity contribution in [2.24, 2.45) is 11.8 Å². The van der Waals surface area contributed by atoms with Gasteiger partial charge in [0.15, 0.2) is 6.73 Å². The van der Waals surface area contributed by atoms with Gasteiger partial charge < -0.3 is 9.47 Å². The van der Waals surface area contributed by atoms with Crippen molar-refractivity contribution >= 4 is 33.4 Å². The van der Waals surface area contributed by atoms with Crippen LogP contribution in [-0.2, 0) is 21.1 Å². The third kappa shape index (κ3) is 2.39. The number of benzene rings is 1. The van der Waals surface area contributed by atoms with Gasteiger partial charge in [-0.25, -0.2) is 9.58 Å². The number of carbonyl (C=O) groups is 2. The van der Waals surface area contributed by atoms with Crippen LogP contribution in [0.3, 0.4) is 0 Å². The van der Waals surface area contributed by atoms with E-state index >= 15 is 0 Å². The van der Waals surface area contributed by atoms with E-state index in [0.29, 0.717) is 11.4 Å². The van der Waals surface area contributed by atoms with Crippen molar-refractivity contribution in [3.63, 3.8) is 0 Å². The Balaban J connectivity index is 1.31. The molecule has 2 bridgehead atoms. The van der Waals surface area contributed by atoms with Crippen LogP contribution < -0.4 is 9.64 Å². The molecule has 0 aliphatic carbocycles. The lowest BCUT2D eigenvalue weighted by Gasteiger charge is -2.15. The molecule has 3 saturated heterocycles. The van der Waals surface area contributed by atoms with E-state index in [1.165, 1.54) is 11.1 Å². The van der Waals surface area contributed by atoms with E-state index < -0.39 is 0 Å². The fourth-order valence-electron chi connectivity index (χ4n) is 4.18. The molecule has 4 atom stereocenters. The molecule has 3 aliphatic rings. The summed E-state index contributed by atoms with van der Waals surface area (Å²) in [7, 11) is 0. The summed E-state index contributed by atoms with van der Waals surface area (Å²) < 4.78 is 14.0. The Morgan fingerprint density at radius 3 is 2.42 bits per heavy atom. The van der Waals surface area contributed by atoms with Gasteiger partial charge in [-0.1, -0.05) is 15.9 Å². The van der Waals surface area contributed by atoms with Gasteiger partial charge >= 0.3 is 0 Å². The number of rotatable bonds is 4. The zero-order valence-corrected chi connectivity index (χ0v) is 15.3. The van der Waals surface area contributed by atoms with E-state index in [9.17, 15) is 9.59 Å². The number of carbonyl (C=O) groups excluding carboxylic acids is 2. The largest absolute Gasteiger partial charge is 0.471 e. The van der Waals surface area contributed by atoms with Crippen LogP contribution in [0.2, 0.25) is 0 Å².